The molecule has 0 unspecified atom stereocenters. The van der Waals surface area contributed by atoms with Crippen molar-refractivity contribution in [3.05, 3.63) is 27.7 Å². The first kappa shape index (κ1) is 13.6. The zero-order chi connectivity index (χ0) is 12.3. The molecule has 1 aromatic rings. The first-order chi connectivity index (χ1) is 7.42. The standard InChI is InChI=1S/C10H15BrN2O2S/c1-3-13-16(14,15)10-5-8(6-12)4-9(11)7(10)2/h4-5,13H,3,6,12H2,1-2H3. The van der Waals surface area contributed by atoms with Crippen LogP contribution in [0.3, 0.4) is 0 Å². The topological polar surface area (TPSA) is 72.2 Å². The minimum absolute atomic E-state index is 0.282. The predicted octanol–water partition coefficient (Wildman–Crippen LogP) is 1.51. The van der Waals surface area contributed by atoms with Crippen molar-refractivity contribution in [3.63, 3.8) is 0 Å². The monoisotopic (exact) mass is 306 g/mol. The summed E-state index contributed by atoms with van der Waals surface area (Å²) in [7, 11) is -3.43. The van der Waals surface area contributed by atoms with E-state index in [-0.39, 0.29) is 4.90 Å². The van der Waals surface area contributed by atoms with E-state index in [0.717, 1.165) is 10.0 Å². The molecule has 90 valence electrons. The lowest BCUT2D eigenvalue weighted by atomic mass is 10.1. The van der Waals surface area contributed by atoms with Gasteiger partial charge in [0, 0.05) is 17.6 Å². The largest absolute Gasteiger partial charge is 0.326 e. The van der Waals surface area contributed by atoms with Gasteiger partial charge in [0.2, 0.25) is 10.0 Å². The molecule has 0 aliphatic rings. The Morgan fingerprint density at radius 1 is 1.44 bits per heavy atom. The van der Waals surface area contributed by atoms with Crippen molar-refractivity contribution >= 4 is 26.0 Å². The van der Waals surface area contributed by atoms with Crippen LogP contribution < -0.4 is 10.5 Å². The van der Waals surface area contributed by atoms with Gasteiger partial charge in [0.1, 0.15) is 0 Å². The molecule has 4 nitrogen and oxygen atoms in total. The molecule has 0 saturated carbocycles. The number of hydrogen-bond acceptors (Lipinski definition) is 3. The molecular formula is C10H15BrN2O2S. The van der Waals surface area contributed by atoms with Crippen molar-refractivity contribution in [2.24, 2.45) is 5.73 Å². The van der Waals surface area contributed by atoms with Crippen LogP contribution in [0.1, 0.15) is 18.1 Å². The van der Waals surface area contributed by atoms with Crippen LogP contribution in [0.15, 0.2) is 21.5 Å². The SMILES string of the molecule is CCNS(=O)(=O)c1cc(CN)cc(Br)c1C. The van der Waals surface area contributed by atoms with E-state index in [1.807, 2.05) is 6.07 Å². The van der Waals surface area contributed by atoms with Crippen molar-refractivity contribution in [2.45, 2.75) is 25.3 Å². The summed E-state index contributed by atoms with van der Waals surface area (Å²) in [4.78, 5) is 0.282. The Kier molecular flexibility index (Phi) is 4.49. The molecule has 0 aliphatic carbocycles. The molecule has 0 radical (unpaired) electrons. The highest BCUT2D eigenvalue weighted by atomic mass is 79.9. The molecule has 0 aliphatic heterocycles. The van der Waals surface area contributed by atoms with Crippen LogP contribution in [-0.4, -0.2) is 15.0 Å². The molecule has 0 fully saturated rings. The third-order valence-electron chi connectivity index (χ3n) is 2.22. The van der Waals surface area contributed by atoms with E-state index in [9.17, 15) is 8.42 Å². The van der Waals surface area contributed by atoms with Gasteiger partial charge in [-0.25, -0.2) is 13.1 Å². The maximum absolute atomic E-state index is 11.9. The van der Waals surface area contributed by atoms with E-state index in [4.69, 9.17) is 5.73 Å². The highest BCUT2D eigenvalue weighted by Crippen LogP contribution is 2.25. The molecule has 1 rings (SSSR count). The Bertz CT molecular complexity index is 486. The van der Waals surface area contributed by atoms with Crippen LogP contribution in [0.25, 0.3) is 0 Å². The molecule has 0 saturated heterocycles. The molecule has 0 heterocycles. The molecule has 0 bridgehead atoms. The Morgan fingerprint density at radius 2 is 2.06 bits per heavy atom. The highest BCUT2D eigenvalue weighted by molar-refractivity contribution is 9.10. The van der Waals surface area contributed by atoms with Crippen molar-refractivity contribution in [1.82, 2.24) is 4.72 Å². The molecule has 0 atom stereocenters. The van der Waals surface area contributed by atoms with Crippen LogP contribution in [-0.2, 0) is 16.6 Å². The number of sulfonamides is 1. The number of rotatable bonds is 4. The summed E-state index contributed by atoms with van der Waals surface area (Å²) < 4.78 is 27.0. The lowest BCUT2D eigenvalue weighted by Gasteiger charge is -2.11. The zero-order valence-electron chi connectivity index (χ0n) is 9.25. The van der Waals surface area contributed by atoms with Gasteiger partial charge in [-0.1, -0.05) is 22.9 Å². The summed E-state index contributed by atoms with van der Waals surface area (Å²) in [6, 6.07) is 3.44. The molecule has 16 heavy (non-hydrogen) atoms. The molecule has 0 amide bonds. The average Bonchev–Trinajstić information content (AvgIpc) is 2.21. The number of halogens is 1. The molecular weight excluding hydrogens is 292 g/mol. The zero-order valence-corrected chi connectivity index (χ0v) is 11.7. The fourth-order valence-electron chi connectivity index (χ4n) is 1.37. The maximum atomic E-state index is 11.9. The number of nitrogens with one attached hydrogen (secondary N) is 1. The second-order valence-electron chi connectivity index (χ2n) is 3.41. The summed E-state index contributed by atoms with van der Waals surface area (Å²) in [5, 5.41) is 0. The number of benzene rings is 1. The fourth-order valence-corrected chi connectivity index (χ4v) is 3.37. The normalized spacial score (nSPS) is 11.8. The Balaban J connectivity index is 3.38. The lowest BCUT2D eigenvalue weighted by molar-refractivity contribution is 0.583. The quantitative estimate of drug-likeness (QED) is 0.886. The summed E-state index contributed by atoms with van der Waals surface area (Å²) in [5.41, 5.74) is 7.00. The number of hydrogen-bond donors (Lipinski definition) is 2. The minimum Gasteiger partial charge on any atom is -0.326 e. The molecule has 6 heteroatoms. The van der Waals surface area contributed by atoms with Crippen molar-refractivity contribution in [2.75, 3.05) is 6.54 Å². The van der Waals surface area contributed by atoms with Gasteiger partial charge in [-0.2, -0.15) is 0 Å². The van der Waals surface area contributed by atoms with Crippen LogP contribution in [0.5, 0.6) is 0 Å². The first-order valence-corrected chi connectivity index (χ1v) is 7.18. The average molecular weight is 307 g/mol. The van der Waals surface area contributed by atoms with Gasteiger partial charge in [-0.05, 0) is 30.2 Å². The van der Waals surface area contributed by atoms with Crippen LogP contribution >= 0.6 is 15.9 Å². The number of nitrogens with two attached hydrogens (primary N) is 1. The predicted molar refractivity (Wildman–Crippen MR) is 67.6 cm³/mol. The minimum atomic E-state index is -3.43. The summed E-state index contributed by atoms with van der Waals surface area (Å²) >= 11 is 3.33. The van der Waals surface area contributed by atoms with Crippen molar-refractivity contribution < 1.29 is 8.42 Å². The Morgan fingerprint density at radius 3 is 2.56 bits per heavy atom. The Hall–Kier alpha value is -0.430. The van der Waals surface area contributed by atoms with Crippen LogP contribution in [0.2, 0.25) is 0 Å². The highest BCUT2D eigenvalue weighted by Gasteiger charge is 2.17. The van der Waals surface area contributed by atoms with Crippen molar-refractivity contribution in [1.29, 1.82) is 0 Å². The van der Waals surface area contributed by atoms with E-state index in [1.54, 1.807) is 19.9 Å². The lowest BCUT2D eigenvalue weighted by Crippen LogP contribution is -2.24. The summed E-state index contributed by atoms with van der Waals surface area (Å²) in [6.07, 6.45) is 0. The molecule has 1 aromatic carbocycles. The van der Waals surface area contributed by atoms with E-state index in [1.165, 1.54) is 0 Å². The summed E-state index contributed by atoms with van der Waals surface area (Å²) in [5.74, 6) is 0. The van der Waals surface area contributed by atoms with Gasteiger partial charge in [0.25, 0.3) is 0 Å². The van der Waals surface area contributed by atoms with E-state index in [2.05, 4.69) is 20.7 Å². The van der Waals surface area contributed by atoms with Gasteiger partial charge >= 0.3 is 0 Å². The smallest absolute Gasteiger partial charge is 0.240 e. The van der Waals surface area contributed by atoms with Gasteiger partial charge in [0.05, 0.1) is 4.90 Å². The van der Waals surface area contributed by atoms with E-state index >= 15 is 0 Å². The molecule has 0 aromatic heterocycles. The van der Waals surface area contributed by atoms with Crippen LogP contribution in [0, 0.1) is 6.92 Å². The van der Waals surface area contributed by atoms with Crippen molar-refractivity contribution in [3.8, 4) is 0 Å². The molecule has 0 spiro atoms. The van der Waals surface area contributed by atoms with Gasteiger partial charge in [-0.15, -0.1) is 0 Å². The van der Waals surface area contributed by atoms with Gasteiger partial charge in [0.15, 0.2) is 0 Å². The maximum Gasteiger partial charge on any atom is 0.240 e. The van der Waals surface area contributed by atoms with E-state index < -0.39 is 10.0 Å². The third kappa shape index (κ3) is 2.82. The summed E-state index contributed by atoms with van der Waals surface area (Å²) in [6.45, 7) is 4.18. The second kappa shape index (κ2) is 5.27. The first-order valence-electron chi connectivity index (χ1n) is 4.91. The Labute approximate surface area is 104 Å². The van der Waals surface area contributed by atoms with E-state index in [0.29, 0.717) is 18.7 Å². The second-order valence-corrected chi connectivity index (χ2v) is 6.00. The third-order valence-corrected chi connectivity index (χ3v) is 4.71. The fraction of sp³-hybridized carbons (Fsp3) is 0.400. The molecule has 3 N–H and O–H groups in total. The van der Waals surface area contributed by atoms with Gasteiger partial charge in [-0.3, -0.25) is 0 Å². The van der Waals surface area contributed by atoms with Gasteiger partial charge < -0.3 is 5.73 Å². The van der Waals surface area contributed by atoms with Crippen LogP contribution in [0.4, 0.5) is 0 Å².